The van der Waals surface area contributed by atoms with E-state index < -0.39 is 6.04 Å². The average Bonchev–Trinajstić information content (AvgIpc) is 3.33. The molecule has 3 aromatic carbocycles. The van der Waals surface area contributed by atoms with Crippen molar-refractivity contribution in [3.05, 3.63) is 101 Å². The summed E-state index contributed by atoms with van der Waals surface area (Å²) in [5, 5.41) is 13.0. The second-order valence-electron chi connectivity index (χ2n) is 7.85. The first-order valence-corrected chi connectivity index (χ1v) is 10.7. The van der Waals surface area contributed by atoms with Crippen LogP contribution >= 0.6 is 0 Å². The lowest BCUT2D eigenvalue weighted by molar-refractivity contribution is -0.116. The van der Waals surface area contributed by atoms with Crippen molar-refractivity contribution >= 4 is 17.2 Å². The fourth-order valence-corrected chi connectivity index (χ4v) is 3.89. The summed E-state index contributed by atoms with van der Waals surface area (Å²) in [4.78, 5) is 13.8. The van der Waals surface area contributed by atoms with Gasteiger partial charge in [0.25, 0.3) is 0 Å². The second kappa shape index (κ2) is 9.71. The predicted octanol–water partition coefficient (Wildman–Crippen LogP) is 5.05. The summed E-state index contributed by atoms with van der Waals surface area (Å²) >= 11 is 0. The van der Waals surface area contributed by atoms with E-state index in [2.05, 4.69) is 5.32 Å². The Hall–Kier alpha value is -3.57. The molecule has 2 N–H and O–H groups in total. The topological polar surface area (TPSA) is 67.8 Å². The van der Waals surface area contributed by atoms with E-state index in [-0.39, 0.29) is 12.4 Å². The lowest BCUT2D eigenvalue weighted by Gasteiger charge is -2.21. The number of rotatable bonds is 8. The Bertz CT molecular complexity index is 1100. The van der Waals surface area contributed by atoms with Gasteiger partial charge in [-0.3, -0.25) is 4.79 Å². The molecule has 1 atom stereocenters. The average molecular weight is 430 g/mol. The monoisotopic (exact) mass is 429 g/mol. The molecule has 1 aliphatic rings. The second-order valence-corrected chi connectivity index (χ2v) is 7.85. The predicted molar refractivity (Wildman–Crippen MR) is 125 cm³/mol. The van der Waals surface area contributed by atoms with Gasteiger partial charge < -0.3 is 19.9 Å². The fraction of sp³-hybridized carbons (Fsp3) is 0.222. The van der Waals surface area contributed by atoms with Gasteiger partial charge in [-0.15, -0.1) is 0 Å². The van der Waals surface area contributed by atoms with Gasteiger partial charge in [0, 0.05) is 29.3 Å². The van der Waals surface area contributed by atoms with Crippen LogP contribution in [0.1, 0.15) is 34.7 Å². The van der Waals surface area contributed by atoms with Gasteiger partial charge in [0.05, 0.1) is 20.3 Å². The van der Waals surface area contributed by atoms with Gasteiger partial charge >= 0.3 is 0 Å². The van der Waals surface area contributed by atoms with Crippen molar-refractivity contribution in [1.29, 1.82) is 0 Å². The quantitative estimate of drug-likeness (QED) is 0.525. The number of nitrogens with one attached hydrogen (secondary N) is 1. The zero-order valence-corrected chi connectivity index (χ0v) is 18.3. The number of anilines is 1. The van der Waals surface area contributed by atoms with Crippen molar-refractivity contribution in [2.45, 2.75) is 26.0 Å². The third kappa shape index (κ3) is 4.68. The van der Waals surface area contributed by atoms with Crippen molar-refractivity contribution in [1.82, 2.24) is 0 Å². The molecule has 0 saturated heterocycles. The first-order chi connectivity index (χ1) is 15.6. The molecule has 164 valence electrons. The molecule has 1 heterocycles. The van der Waals surface area contributed by atoms with Crippen molar-refractivity contribution in [3.8, 4) is 5.75 Å². The first kappa shape index (κ1) is 21.7. The number of aliphatic hydroxyl groups is 1. The molecule has 0 aliphatic carbocycles. The number of hydrogen-bond donors (Lipinski definition) is 2. The van der Waals surface area contributed by atoms with E-state index in [1.54, 1.807) is 13.2 Å². The van der Waals surface area contributed by atoms with Gasteiger partial charge in [0.2, 0.25) is 0 Å². The number of Topliss-reactive ketones (excluding diaryl/α,β-unsaturated/α-hetero) is 1. The van der Waals surface area contributed by atoms with E-state index in [0.717, 1.165) is 16.7 Å². The maximum atomic E-state index is 13.8. The molecule has 4 rings (SSSR count). The molecule has 0 radical (unpaired) electrons. The minimum Gasteiger partial charge on any atom is -0.497 e. The first-order valence-electron chi connectivity index (χ1n) is 10.7. The summed E-state index contributed by atoms with van der Waals surface area (Å²) in [6, 6.07) is 22.5. The molecule has 32 heavy (non-hydrogen) atoms. The highest BCUT2D eigenvalue weighted by atomic mass is 16.5. The Kier molecular flexibility index (Phi) is 6.57. The van der Waals surface area contributed by atoms with E-state index in [4.69, 9.17) is 9.47 Å². The van der Waals surface area contributed by atoms with Crippen LogP contribution < -0.4 is 10.1 Å². The lowest BCUT2D eigenvalue weighted by Crippen LogP contribution is -2.23. The Labute approximate surface area is 188 Å². The third-order valence-electron chi connectivity index (χ3n) is 5.57. The minimum absolute atomic E-state index is 0.0291. The van der Waals surface area contributed by atoms with Crippen LogP contribution in [0.2, 0.25) is 0 Å². The van der Waals surface area contributed by atoms with Crippen LogP contribution in [0.4, 0.5) is 5.69 Å². The van der Waals surface area contributed by atoms with Crippen LogP contribution in [0.3, 0.4) is 0 Å². The van der Waals surface area contributed by atoms with Crippen LogP contribution in [0.25, 0.3) is 5.76 Å². The lowest BCUT2D eigenvalue weighted by atomic mass is 9.93. The normalized spacial score (nSPS) is 14.1. The summed E-state index contributed by atoms with van der Waals surface area (Å²) in [5.41, 5.74) is 4.97. The number of ketones is 1. The standard InChI is InChI=1S/C27H27NO4/c1-18-8-10-20(11-9-18)25(28-22-14-19(17-29)15-23(16-22)31-2)26(30)24-12-13-32-27(24)21-6-4-3-5-7-21/h3-11,14-16,25,28-29H,12-13,17H2,1-2H3. The number of ether oxygens (including phenoxy) is 2. The molecule has 0 bridgehead atoms. The zero-order chi connectivity index (χ0) is 22.5. The highest BCUT2D eigenvalue weighted by Crippen LogP contribution is 2.34. The number of aliphatic hydroxyl groups excluding tert-OH is 1. The van der Waals surface area contributed by atoms with Gasteiger partial charge in [-0.1, -0.05) is 60.2 Å². The number of carbonyl (C=O) groups is 1. The van der Waals surface area contributed by atoms with Crippen LogP contribution in [-0.2, 0) is 16.1 Å². The molecule has 0 saturated carbocycles. The Balaban J connectivity index is 1.75. The van der Waals surface area contributed by atoms with E-state index in [1.165, 1.54) is 0 Å². The number of carbonyl (C=O) groups excluding carboxylic acids is 1. The highest BCUT2D eigenvalue weighted by molar-refractivity contribution is 6.07. The minimum atomic E-state index is -0.607. The Morgan fingerprint density at radius 2 is 1.84 bits per heavy atom. The van der Waals surface area contributed by atoms with Gasteiger partial charge in [0.15, 0.2) is 5.78 Å². The van der Waals surface area contributed by atoms with Gasteiger partial charge in [-0.25, -0.2) is 0 Å². The summed E-state index contributed by atoms with van der Waals surface area (Å²) in [6.45, 7) is 2.39. The van der Waals surface area contributed by atoms with Crippen LogP contribution in [0.5, 0.6) is 5.75 Å². The van der Waals surface area contributed by atoms with Crippen LogP contribution in [-0.4, -0.2) is 24.6 Å². The molecule has 0 amide bonds. The molecule has 1 aliphatic heterocycles. The zero-order valence-electron chi connectivity index (χ0n) is 18.3. The van der Waals surface area contributed by atoms with Crippen molar-refractivity contribution in [2.75, 3.05) is 19.0 Å². The summed E-state index contributed by atoms with van der Waals surface area (Å²) < 4.78 is 11.2. The Morgan fingerprint density at radius 1 is 1.09 bits per heavy atom. The molecular weight excluding hydrogens is 402 g/mol. The number of hydrogen-bond acceptors (Lipinski definition) is 5. The van der Waals surface area contributed by atoms with Crippen molar-refractivity contribution < 1.29 is 19.4 Å². The molecule has 5 heteroatoms. The van der Waals surface area contributed by atoms with E-state index in [0.29, 0.717) is 41.4 Å². The summed E-state index contributed by atoms with van der Waals surface area (Å²) in [6.07, 6.45) is 0.563. The third-order valence-corrected chi connectivity index (χ3v) is 5.57. The Morgan fingerprint density at radius 3 is 2.53 bits per heavy atom. The highest BCUT2D eigenvalue weighted by Gasteiger charge is 2.30. The molecule has 3 aromatic rings. The van der Waals surface area contributed by atoms with E-state index in [1.807, 2.05) is 73.7 Å². The van der Waals surface area contributed by atoms with Crippen LogP contribution in [0, 0.1) is 6.92 Å². The maximum absolute atomic E-state index is 13.8. The van der Waals surface area contributed by atoms with Gasteiger partial charge in [0.1, 0.15) is 17.6 Å². The molecule has 0 aromatic heterocycles. The van der Waals surface area contributed by atoms with Crippen molar-refractivity contribution in [2.24, 2.45) is 0 Å². The maximum Gasteiger partial charge on any atom is 0.189 e. The largest absolute Gasteiger partial charge is 0.497 e. The number of methoxy groups -OCH3 is 1. The molecule has 5 nitrogen and oxygen atoms in total. The summed E-state index contributed by atoms with van der Waals surface area (Å²) in [5.74, 6) is 1.23. The van der Waals surface area contributed by atoms with Crippen molar-refractivity contribution in [3.63, 3.8) is 0 Å². The summed E-state index contributed by atoms with van der Waals surface area (Å²) in [7, 11) is 1.58. The number of aryl methyl sites for hydroxylation is 1. The molecule has 1 unspecified atom stereocenters. The SMILES string of the molecule is COc1cc(CO)cc(NC(C(=O)C2=C(c3ccccc3)OCC2)c2ccc(C)cc2)c1. The molecule has 0 fully saturated rings. The van der Waals surface area contributed by atoms with Crippen LogP contribution in [0.15, 0.2) is 78.4 Å². The van der Waals surface area contributed by atoms with E-state index >= 15 is 0 Å². The molecular formula is C27H27NO4. The van der Waals surface area contributed by atoms with Gasteiger partial charge in [-0.2, -0.15) is 0 Å². The fourth-order valence-electron chi connectivity index (χ4n) is 3.89. The van der Waals surface area contributed by atoms with Gasteiger partial charge in [-0.05, 0) is 30.2 Å². The number of benzene rings is 3. The van der Waals surface area contributed by atoms with E-state index in [9.17, 15) is 9.90 Å². The molecule has 0 spiro atoms. The smallest absolute Gasteiger partial charge is 0.189 e.